The van der Waals surface area contributed by atoms with Crippen molar-refractivity contribution in [2.45, 2.75) is 77.4 Å². The van der Waals surface area contributed by atoms with Gasteiger partial charge in [0.1, 0.15) is 13.5 Å². The molecule has 1 aliphatic rings. The summed E-state index contributed by atoms with van der Waals surface area (Å²) < 4.78 is 29.1. The lowest BCUT2D eigenvalue weighted by atomic mass is 9.86. The van der Waals surface area contributed by atoms with E-state index in [1.54, 1.807) is 18.1 Å². The second kappa shape index (κ2) is 7.16. The molecule has 1 saturated carbocycles. The number of rotatable bonds is 5. The van der Waals surface area contributed by atoms with Gasteiger partial charge in [-0.15, -0.1) is 0 Å². The Morgan fingerprint density at radius 3 is 2.24 bits per heavy atom. The summed E-state index contributed by atoms with van der Waals surface area (Å²) in [7, 11) is -2.43. The molecule has 1 aromatic rings. The first-order valence-electron chi connectivity index (χ1n) is 9.39. The fraction of sp³-hybridized carbons (Fsp3) is 0.833. The average molecular weight is 386 g/mol. The van der Waals surface area contributed by atoms with E-state index >= 15 is 0 Å². The van der Waals surface area contributed by atoms with E-state index in [1.807, 2.05) is 6.20 Å². The number of nitrogens with zero attached hydrogens (tertiary/aromatic N) is 3. The summed E-state index contributed by atoms with van der Waals surface area (Å²) in [5, 5.41) is 0.0278. The summed E-state index contributed by atoms with van der Waals surface area (Å²) in [6.07, 6.45) is 8.86. The van der Waals surface area contributed by atoms with Gasteiger partial charge < -0.3 is 0 Å². The number of hydrogen-bond donors (Lipinski definition) is 0. The monoisotopic (exact) mass is 385 g/mol. The molecule has 144 valence electrons. The zero-order valence-corrected chi connectivity index (χ0v) is 18.8. The Bertz CT molecular complexity index is 696. The molecule has 0 N–H and O–H groups in total. The topological polar surface area (TPSA) is 55.2 Å². The zero-order valence-electron chi connectivity index (χ0n) is 17.0. The van der Waals surface area contributed by atoms with E-state index in [2.05, 4.69) is 38.8 Å². The van der Waals surface area contributed by atoms with Crippen molar-refractivity contribution in [2.24, 2.45) is 5.92 Å². The Hall–Kier alpha value is -0.663. The summed E-state index contributed by atoms with van der Waals surface area (Å²) in [6.45, 7) is 11.0. The average Bonchev–Trinajstić information content (AvgIpc) is 2.92. The lowest BCUT2D eigenvalue weighted by Gasteiger charge is -2.36. The largest absolute Gasteiger partial charge is 0.308 e. The van der Waals surface area contributed by atoms with Crippen LogP contribution in [0.1, 0.15) is 58.6 Å². The minimum Gasteiger partial charge on any atom is -0.246 e. The van der Waals surface area contributed by atoms with Gasteiger partial charge in [-0.05, 0) is 17.4 Å². The van der Waals surface area contributed by atoms with Crippen molar-refractivity contribution in [1.82, 2.24) is 13.3 Å². The minimum atomic E-state index is -3.57. The van der Waals surface area contributed by atoms with Crippen molar-refractivity contribution < 1.29 is 8.42 Å². The molecule has 0 aromatic carbocycles. The Kier molecular flexibility index (Phi) is 5.91. The summed E-state index contributed by atoms with van der Waals surface area (Å²) in [5.74, 6) is 0.578. The van der Waals surface area contributed by atoms with Gasteiger partial charge in [-0.3, -0.25) is 0 Å². The Labute approximate surface area is 155 Å². The van der Waals surface area contributed by atoms with Gasteiger partial charge in [0.05, 0.1) is 5.69 Å². The molecule has 7 heteroatoms. The molecule has 1 aromatic heterocycles. The first kappa shape index (κ1) is 20.6. The van der Waals surface area contributed by atoms with Crippen LogP contribution in [0.15, 0.2) is 6.20 Å². The van der Waals surface area contributed by atoms with E-state index < -0.39 is 18.3 Å². The van der Waals surface area contributed by atoms with Gasteiger partial charge in [-0.1, -0.05) is 66.0 Å². The molecule has 1 aliphatic carbocycles. The molecule has 0 unspecified atom stereocenters. The Morgan fingerprint density at radius 2 is 1.76 bits per heavy atom. The van der Waals surface area contributed by atoms with E-state index in [0.717, 1.165) is 17.6 Å². The van der Waals surface area contributed by atoms with Crippen molar-refractivity contribution in [1.29, 1.82) is 0 Å². The van der Waals surface area contributed by atoms with E-state index in [1.165, 1.54) is 36.4 Å². The molecule has 0 bridgehead atoms. The highest BCUT2D eigenvalue weighted by molar-refractivity contribution is 7.87. The van der Waals surface area contributed by atoms with Gasteiger partial charge >= 0.3 is 10.2 Å². The molecule has 0 radical (unpaired) electrons. The molecule has 0 spiro atoms. The summed E-state index contributed by atoms with van der Waals surface area (Å²) in [5.41, 5.74) is 1.64. The van der Waals surface area contributed by atoms with Crippen LogP contribution in [-0.4, -0.2) is 43.8 Å². The second-order valence-electron chi connectivity index (χ2n) is 9.21. The zero-order chi connectivity index (χ0) is 19.0. The fourth-order valence-corrected chi connectivity index (χ4v) is 7.12. The number of aromatic nitrogens is 2. The second-order valence-corrected chi connectivity index (χ2v) is 16.4. The van der Waals surface area contributed by atoms with Crippen LogP contribution in [0.2, 0.25) is 18.1 Å². The maximum Gasteiger partial charge on any atom is 0.308 e. The van der Waals surface area contributed by atoms with Gasteiger partial charge in [0, 0.05) is 20.3 Å². The first-order chi connectivity index (χ1) is 11.4. The summed E-state index contributed by atoms with van der Waals surface area (Å²) in [6, 6.07) is 0. The molecule has 0 saturated heterocycles. The van der Waals surface area contributed by atoms with Gasteiger partial charge in [-0.2, -0.15) is 12.7 Å². The van der Waals surface area contributed by atoms with Crippen LogP contribution in [-0.2, 0) is 16.6 Å². The van der Waals surface area contributed by atoms with Crippen molar-refractivity contribution in [3.05, 3.63) is 11.9 Å². The van der Waals surface area contributed by atoms with Crippen LogP contribution >= 0.6 is 0 Å². The molecule has 1 heterocycles. The lowest BCUT2D eigenvalue weighted by Crippen LogP contribution is -2.56. The third kappa shape index (κ3) is 4.03. The van der Waals surface area contributed by atoms with Crippen LogP contribution in [0.4, 0.5) is 0 Å². The lowest BCUT2D eigenvalue weighted by molar-refractivity contribution is 0.353. The van der Waals surface area contributed by atoms with Crippen LogP contribution in [0.5, 0.6) is 0 Å². The standard InChI is InChI=1S/C18H35N3O2SSi/c1-18(2,3)25(6,7)17-19-14-16(13-15-11-9-8-10-12-15)21(17)24(22,23)20(4)5/h14-15H,8-13H2,1-7H3. The van der Waals surface area contributed by atoms with Gasteiger partial charge in [0.2, 0.25) is 0 Å². The summed E-state index contributed by atoms with van der Waals surface area (Å²) >= 11 is 0. The maximum absolute atomic E-state index is 13.1. The number of hydrogen-bond acceptors (Lipinski definition) is 3. The molecule has 1 fully saturated rings. The summed E-state index contributed by atoms with van der Waals surface area (Å²) in [4.78, 5) is 4.69. The van der Waals surface area contributed by atoms with E-state index in [4.69, 9.17) is 0 Å². The molecule has 0 amide bonds. The normalized spacial score (nSPS) is 18.1. The van der Waals surface area contributed by atoms with Gasteiger partial charge in [-0.25, -0.2) is 8.96 Å². The predicted octanol–water partition coefficient (Wildman–Crippen LogP) is 3.38. The third-order valence-electron chi connectivity index (χ3n) is 6.14. The minimum absolute atomic E-state index is 0.0278. The van der Waals surface area contributed by atoms with Crippen molar-refractivity contribution in [3.8, 4) is 0 Å². The molecular formula is C18H35N3O2SSi. The smallest absolute Gasteiger partial charge is 0.246 e. The van der Waals surface area contributed by atoms with Crippen LogP contribution in [0.3, 0.4) is 0 Å². The highest BCUT2D eigenvalue weighted by Crippen LogP contribution is 2.36. The van der Waals surface area contributed by atoms with Crippen molar-refractivity contribution in [2.75, 3.05) is 14.1 Å². The van der Waals surface area contributed by atoms with Gasteiger partial charge in [0.25, 0.3) is 0 Å². The van der Waals surface area contributed by atoms with Crippen molar-refractivity contribution >= 4 is 23.7 Å². The molecule has 0 aliphatic heterocycles. The maximum atomic E-state index is 13.1. The van der Waals surface area contributed by atoms with E-state index in [0.29, 0.717) is 5.92 Å². The van der Waals surface area contributed by atoms with Crippen LogP contribution in [0, 0.1) is 5.92 Å². The highest BCUT2D eigenvalue weighted by atomic mass is 32.2. The van der Waals surface area contributed by atoms with Crippen LogP contribution < -0.4 is 5.45 Å². The molecule has 5 nitrogen and oxygen atoms in total. The van der Waals surface area contributed by atoms with Crippen molar-refractivity contribution in [3.63, 3.8) is 0 Å². The molecular weight excluding hydrogens is 350 g/mol. The SMILES string of the molecule is CN(C)S(=O)(=O)n1c(CC2CCCCC2)cnc1[Si](C)(C)C(C)(C)C. The quantitative estimate of drug-likeness (QED) is 0.730. The third-order valence-corrected chi connectivity index (χ3v) is 13.3. The fourth-order valence-electron chi connectivity index (χ4n) is 3.37. The highest BCUT2D eigenvalue weighted by Gasteiger charge is 2.43. The van der Waals surface area contributed by atoms with E-state index in [9.17, 15) is 8.42 Å². The molecule has 25 heavy (non-hydrogen) atoms. The molecule has 2 rings (SSSR count). The van der Waals surface area contributed by atoms with Gasteiger partial charge in [0.15, 0.2) is 0 Å². The molecule has 0 atom stereocenters. The Balaban J connectivity index is 2.55. The number of imidazole rings is 1. The van der Waals surface area contributed by atoms with E-state index in [-0.39, 0.29) is 5.04 Å². The predicted molar refractivity (Wildman–Crippen MR) is 107 cm³/mol. The Morgan fingerprint density at radius 1 is 1.20 bits per heavy atom. The first-order valence-corrected chi connectivity index (χ1v) is 13.8. The van der Waals surface area contributed by atoms with Crippen LogP contribution in [0.25, 0.3) is 0 Å².